The summed E-state index contributed by atoms with van der Waals surface area (Å²) >= 11 is 3.43. The van der Waals surface area contributed by atoms with E-state index in [0.717, 1.165) is 30.4 Å². The number of hydrogen-bond acceptors (Lipinski definition) is 3. The van der Waals surface area contributed by atoms with Crippen molar-refractivity contribution in [3.05, 3.63) is 52.6 Å². The summed E-state index contributed by atoms with van der Waals surface area (Å²) in [5.41, 5.74) is 0.526. The molecule has 1 amide bonds. The van der Waals surface area contributed by atoms with Crippen LogP contribution in [0.3, 0.4) is 0 Å². The maximum absolute atomic E-state index is 12.9. The summed E-state index contributed by atoms with van der Waals surface area (Å²) in [4.78, 5) is 19.2. The SMILES string of the molecule is O=C(c1cccnc1Oc1cccc(Br)c1)N1CCCCCCC1. The Balaban J connectivity index is 1.81. The maximum atomic E-state index is 12.9. The van der Waals surface area contributed by atoms with Gasteiger partial charge in [0.25, 0.3) is 5.91 Å². The van der Waals surface area contributed by atoms with E-state index in [9.17, 15) is 4.79 Å². The number of pyridine rings is 1. The van der Waals surface area contributed by atoms with E-state index in [2.05, 4.69) is 20.9 Å². The summed E-state index contributed by atoms with van der Waals surface area (Å²) in [6.07, 6.45) is 7.43. The van der Waals surface area contributed by atoms with Gasteiger partial charge < -0.3 is 9.64 Å². The van der Waals surface area contributed by atoms with E-state index in [-0.39, 0.29) is 5.91 Å². The second-order valence-corrected chi connectivity index (χ2v) is 6.89. The quantitative estimate of drug-likeness (QED) is 0.739. The van der Waals surface area contributed by atoms with E-state index < -0.39 is 0 Å². The van der Waals surface area contributed by atoms with E-state index in [0.29, 0.717) is 17.2 Å². The molecule has 24 heavy (non-hydrogen) atoms. The smallest absolute Gasteiger partial charge is 0.259 e. The van der Waals surface area contributed by atoms with Gasteiger partial charge in [0.2, 0.25) is 5.88 Å². The molecule has 0 saturated carbocycles. The van der Waals surface area contributed by atoms with Crippen molar-refractivity contribution in [1.29, 1.82) is 0 Å². The van der Waals surface area contributed by atoms with E-state index in [1.165, 1.54) is 19.3 Å². The molecular weight excluding hydrogens is 368 g/mol. The molecule has 3 rings (SSSR count). The van der Waals surface area contributed by atoms with Gasteiger partial charge in [-0.1, -0.05) is 41.3 Å². The molecule has 0 bridgehead atoms. The van der Waals surface area contributed by atoms with Gasteiger partial charge in [0.15, 0.2) is 0 Å². The van der Waals surface area contributed by atoms with Crippen LogP contribution < -0.4 is 4.74 Å². The second-order valence-electron chi connectivity index (χ2n) is 5.98. The van der Waals surface area contributed by atoms with Gasteiger partial charge in [-0.15, -0.1) is 0 Å². The predicted molar refractivity (Wildman–Crippen MR) is 97.4 cm³/mol. The Morgan fingerprint density at radius 3 is 2.54 bits per heavy atom. The molecule has 126 valence electrons. The first kappa shape index (κ1) is 17.0. The highest BCUT2D eigenvalue weighted by Crippen LogP contribution is 2.26. The van der Waals surface area contributed by atoms with Crippen LogP contribution in [0, 0.1) is 0 Å². The summed E-state index contributed by atoms with van der Waals surface area (Å²) in [5.74, 6) is 1.03. The Labute approximate surface area is 151 Å². The van der Waals surface area contributed by atoms with Crippen molar-refractivity contribution in [3.8, 4) is 11.6 Å². The number of likely N-dealkylation sites (tertiary alicyclic amines) is 1. The molecular formula is C19H21BrN2O2. The van der Waals surface area contributed by atoms with Crippen LogP contribution in [0.2, 0.25) is 0 Å². The number of carbonyl (C=O) groups is 1. The minimum absolute atomic E-state index is 0.00926. The molecule has 5 heteroatoms. The number of benzene rings is 1. The van der Waals surface area contributed by atoms with Crippen molar-refractivity contribution < 1.29 is 9.53 Å². The normalized spacial score (nSPS) is 15.5. The third-order valence-electron chi connectivity index (χ3n) is 4.16. The average molecular weight is 389 g/mol. The van der Waals surface area contributed by atoms with Crippen LogP contribution in [0.1, 0.15) is 42.5 Å². The minimum atomic E-state index is 0.00926. The zero-order valence-corrected chi connectivity index (χ0v) is 15.2. The molecule has 0 atom stereocenters. The van der Waals surface area contributed by atoms with Crippen molar-refractivity contribution in [1.82, 2.24) is 9.88 Å². The number of ether oxygens (including phenoxy) is 1. The molecule has 1 fully saturated rings. The van der Waals surface area contributed by atoms with Gasteiger partial charge in [0.05, 0.1) is 0 Å². The monoisotopic (exact) mass is 388 g/mol. The standard InChI is InChI=1S/C19H21BrN2O2/c20-15-8-6-9-16(14-15)24-18-17(10-7-11-21-18)19(23)22-12-4-2-1-3-5-13-22/h6-11,14H,1-5,12-13H2. The van der Waals surface area contributed by atoms with Crippen molar-refractivity contribution in [2.45, 2.75) is 32.1 Å². The lowest BCUT2D eigenvalue weighted by atomic mass is 10.1. The van der Waals surface area contributed by atoms with Gasteiger partial charge in [0.1, 0.15) is 11.3 Å². The third kappa shape index (κ3) is 4.35. The van der Waals surface area contributed by atoms with Crippen molar-refractivity contribution in [3.63, 3.8) is 0 Å². The molecule has 2 aromatic rings. The van der Waals surface area contributed by atoms with Gasteiger partial charge in [-0.3, -0.25) is 4.79 Å². The molecule has 0 spiro atoms. The highest BCUT2D eigenvalue weighted by Gasteiger charge is 2.21. The van der Waals surface area contributed by atoms with Crippen LogP contribution in [0.25, 0.3) is 0 Å². The fourth-order valence-electron chi connectivity index (χ4n) is 2.90. The van der Waals surface area contributed by atoms with Crippen LogP contribution in [-0.4, -0.2) is 28.9 Å². The van der Waals surface area contributed by atoms with Crippen molar-refractivity contribution >= 4 is 21.8 Å². The number of aromatic nitrogens is 1. The zero-order valence-electron chi connectivity index (χ0n) is 13.6. The van der Waals surface area contributed by atoms with Crippen LogP contribution in [0.15, 0.2) is 47.1 Å². The molecule has 4 nitrogen and oxygen atoms in total. The molecule has 0 N–H and O–H groups in total. The van der Waals surface area contributed by atoms with Gasteiger partial charge in [-0.25, -0.2) is 4.98 Å². The largest absolute Gasteiger partial charge is 0.438 e. The Bertz CT molecular complexity index is 697. The number of amides is 1. The molecule has 0 unspecified atom stereocenters. The first-order valence-corrected chi connectivity index (χ1v) is 9.21. The average Bonchev–Trinajstić information content (AvgIpc) is 2.54. The fourth-order valence-corrected chi connectivity index (χ4v) is 3.28. The maximum Gasteiger partial charge on any atom is 0.259 e. The lowest BCUT2D eigenvalue weighted by Gasteiger charge is -2.25. The second kappa shape index (κ2) is 8.29. The molecule has 2 heterocycles. The summed E-state index contributed by atoms with van der Waals surface area (Å²) in [7, 11) is 0. The number of carbonyl (C=O) groups excluding carboxylic acids is 1. The Morgan fingerprint density at radius 1 is 1.04 bits per heavy atom. The number of nitrogens with zero attached hydrogens (tertiary/aromatic N) is 2. The Hall–Kier alpha value is -1.88. The van der Waals surface area contributed by atoms with Gasteiger partial charge in [-0.2, -0.15) is 0 Å². The Morgan fingerprint density at radius 2 is 1.79 bits per heavy atom. The summed E-state index contributed by atoms with van der Waals surface area (Å²) < 4.78 is 6.79. The zero-order chi connectivity index (χ0) is 16.8. The fraction of sp³-hybridized carbons (Fsp3) is 0.368. The number of halogens is 1. The van der Waals surface area contributed by atoms with E-state index in [1.807, 2.05) is 29.2 Å². The van der Waals surface area contributed by atoms with Gasteiger partial charge >= 0.3 is 0 Å². The summed E-state index contributed by atoms with van der Waals surface area (Å²) in [6.45, 7) is 1.62. The van der Waals surface area contributed by atoms with E-state index >= 15 is 0 Å². The number of hydrogen-bond donors (Lipinski definition) is 0. The van der Waals surface area contributed by atoms with Gasteiger partial charge in [-0.05, 0) is 43.2 Å². The third-order valence-corrected chi connectivity index (χ3v) is 4.65. The van der Waals surface area contributed by atoms with Crippen LogP contribution in [0.4, 0.5) is 0 Å². The topological polar surface area (TPSA) is 42.4 Å². The molecule has 0 aliphatic carbocycles. The van der Waals surface area contributed by atoms with Gasteiger partial charge in [0, 0.05) is 23.8 Å². The lowest BCUT2D eigenvalue weighted by Crippen LogP contribution is -2.34. The highest BCUT2D eigenvalue weighted by atomic mass is 79.9. The Kier molecular flexibility index (Phi) is 5.86. The summed E-state index contributed by atoms with van der Waals surface area (Å²) in [6, 6.07) is 11.1. The first-order chi connectivity index (χ1) is 11.7. The molecule has 1 aromatic heterocycles. The van der Waals surface area contributed by atoms with E-state index in [1.54, 1.807) is 18.3 Å². The minimum Gasteiger partial charge on any atom is -0.438 e. The highest BCUT2D eigenvalue weighted by molar-refractivity contribution is 9.10. The van der Waals surface area contributed by atoms with Crippen LogP contribution in [0.5, 0.6) is 11.6 Å². The first-order valence-electron chi connectivity index (χ1n) is 8.42. The van der Waals surface area contributed by atoms with Crippen molar-refractivity contribution in [2.75, 3.05) is 13.1 Å². The molecule has 1 saturated heterocycles. The van der Waals surface area contributed by atoms with Crippen LogP contribution >= 0.6 is 15.9 Å². The van der Waals surface area contributed by atoms with E-state index in [4.69, 9.17) is 4.74 Å². The molecule has 1 aliphatic heterocycles. The summed E-state index contributed by atoms with van der Waals surface area (Å²) in [5, 5.41) is 0. The molecule has 1 aromatic carbocycles. The molecule has 0 radical (unpaired) electrons. The predicted octanol–water partition coefficient (Wildman–Crippen LogP) is 5.04. The lowest BCUT2D eigenvalue weighted by molar-refractivity contribution is 0.0739. The number of rotatable bonds is 3. The van der Waals surface area contributed by atoms with Crippen LogP contribution in [-0.2, 0) is 0 Å². The van der Waals surface area contributed by atoms with Crippen molar-refractivity contribution in [2.24, 2.45) is 0 Å². The molecule has 1 aliphatic rings.